The van der Waals surface area contributed by atoms with Crippen molar-refractivity contribution >= 4 is 10.8 Å². The van der Waals surface area contributed by atoms with Gasteiger partial charge in [-0.05, 0) is 79.4 Å². The molecule has 0 radical (unpaired) electrons. The van der Waals surface area contributed by atoms with Crippen LogP contribution in [0.3, 0.4) is 0 Å². The third-order valence-electron chi connectivity index (χ3n) is 5.62. The topological polar surface area (TPSA) is 67.0 Å². The van der Waals surface area contributed by atoms with Gasteiger partial charge in [-0.1, -0.05) is 6.07 Å². The van der Waals surface area contributed by atoms with Crippen LogP contribution in [0.25, 0.3) is 21.9 Å². The molecule has 5 heteroatoms. The third-order valence-corrected chi connectivity index (χ3v) is 5.62. The highest BCUT2D eigenvalue weighted by atomic mass is 16.5. The second kappa shape index (κ2) is 7.53. The SMILES string of the molecule is COc1cc(-c2c[nH]c(=O)c3cnccc23)cc(C)c1CC1CCNCC1. The van der Waals surface area contributed by atoms with Crippen molar-refractivity contribution in [2.24, 2.45) is 5.92 Å². The molecule has 3 aromatic rings. The Morgan fingerprint density at radius 3 is 2.81 bits per heavy atom. The normalized spacial score (nSPS) is 15.2. The van der Waals surface area contributed by atoms with Crippen molar-refractivity contribution in [3.63, 3.8) is 0 Å². The molecule has 0 saturated carbocycles. The van der Waals surface area contributed by atoms with E-state index < -0.39 is 0 Å². The molecule has 0 aliphatic carbocycles. The molecule has 140 valence electrons. The summed E-state index contributed by atoms with van der Waals surface area (Å²) in [5, 5.41) is 4.94. The largest absolute Gasteiger partial charge is 0.496 e. The summed E-state index contributed by atoms with van der Waals surface area (Å²) >= 11 is 0. The summed E-state index contributed by atoms with van der Waals surface area (Å²) in [5.74, 6) is 1.63. The molecule has 0 unspecified atom stereocenters. The average Bonchev–Trinajstić information content (AvgIpc) is 2.71. The van der Waals surface area contributed by atoms with E-state index in [4.69, 9.17) is 4.74 Å². The Morgan fingerprint density at radius 2 is 2.04 bits per heavy atom. The maximum absolute atomic E-state index is 12.1. The van der Waals surface area contributed by atoms with Crippen molar-refractivity contribution in [3.05, 3.63) is 58.3 Å². The molecule has 1 aliphatic rings. The molecule has 1 fully saturated rings. The lowest BCUT2D eigenvalue weighted by Crippen LogP contribution is -2.28. The minimum atomic E-state index is -0.118. The Balaban J connectivity index is 1.78. The average molecular weight is 363 g/mol. The number of ether oxygens (including phenoxy) is 1. The number of aromatic nitrogens is 2. The highest BCUT2D eigenvalue weighted by Crippen LogP contribution is 2.35. The minimum absolute atomic E-state index is 0.118. The van der Waals surface area contributed by atoms with Gasteiger partial charge in [0.1, 0.15) is 5.75 Å². The van der Waals surface area contributed by atoms with Gasteiger partial charge in [-0.2, -0.15) is 0 Å². The van der Waals surface area contributed by atoms with Gasteiger partial charge in [0.2, 0.25) is 0 Å². The number of nitrogens with zero attached hydrogens (tertiary/aromatic N) is 1. The first kappa shape index (κ1) is 17.7. The van der Waals surface area contributed by atoms with E-state index in [-0.39, 0.29) is 5.56 Å². The number of rotatable bonds is 4. The van der Waals surface area contributed by atoms with Gasteiger partial charge in [0.05, 0.1) is 12.5 Å². The summed E-state index contributed by atoms with van der Waals surface area (Å²) in [6, 6.07) is 6.19. The first-order chi connectivity index (χ1) is 13.2. The van der Waals surface area contributed by atoms with Crippen molar-refractivity contribution in [2.45, 2.75) is 26.2 Å². The van der Waals surface area contributed by atoms with E-state index in [9.17, 15) is 4.79 Å². The van der Waals surface area contributed by atoms with Crippen LogP contribution in [0, 0.1) is 12.8 Å². The molecule has 2 N–H and O–H groups in total. The number of hydrogen-bond acceptors (Lipinski definition) is 4. The van der Waals surface area contributed by atoms with Crippen molar-refractivity contribution in [1.29, 1.82) is 0 Å². The van der Waals surface area contributed by atoms with Gasteiger partial charge in [0.25, 0.3) is 5.56 Å². The zero-order valence-electron chi connectivity index (χ0n) is 15.8. The Hall–Kier alpha value is -2.66. The van der Waals surface area contributed by atoms with Crippen LogP contribution in [0.15, 0.2) is 41.6 Å². The molecule has 5 nitrogen and oxygen atoms in total. The second-order valence-corrected chi connectivity index (χ2v) is 7.32. The summed E-state index contributed by atoms with van der Waals surface area (Å²) < 4.78 is 5.77. The van der Waals surface area contributed by atoms with Crippen molar-refractivity contribution in [2.75, 3.05) is 20.2 Å². The maximum atomic E-state index is 12.1. The summed E-state index contributed by atoms with van der Waals surface area (Å²) in [6.07, 6.45) is 8.59. The summed E-state index contributed by atoms with van der Waals surface area (Å²) in [4.78, 5) is 19.0. The molecule has 27 heavy (non-hydrogen) atoms. The summed E-state index contributed by atoms with van der Waals surface area (Å²) in [5.41, 5.74) is 4.44. The molecule has 1 saturated heterocycles. The van der Waals surface area contributed by atoms with Gasteiger partial charge in [0.15, 0.2) is 0 Å². The number of H-pyrrole nitrogens is 1. The van der Waals surface area contributed by atoms with Gasteiger partial charge in [0, 0.05) is 24.2 Å². The number of hydrogen-bond donors (Lipinski definition) is 2. The number of fused-ring (bicyclic) bond motifs is 1. The molecule has 2 aromatic heterocycles. The van der Waals surface area contributed by atoms with Crippen LogP contribution in [-0.2, 0) is 6.42 Å². The van der Waals surface area contributed by atoms with Crippen LogP contribution in [0.5, 0.6) is 5.75 Å². The Labute approximate surface area is 158 Å². The van der Waals surface area contributed by atoms with E-state index in [0.29, 0.717) is 11.3 Å². The van der Waals surface area contributed by atoms with Crippen LogP contribution in [0.2, 0.25) is 0 Å². The number of methoxy groups -OCH3 is 1. The Morgan fingerprint density at radius 1 is 1.22 bits per heavy atom. The fourth-order valence-corrected chi connectivity index (χ4v) is 4.10. The number of aryl methyl sites for hydroxylation is 1. The van der Waals surface area contributed by atoms with Crippen LogP contribution in [0.4, 0.5) is 0 Å². The lowest BCUT2D eigenvalue weighted by Gasteiger charge is -2.24. The van der Waals surface area contributed by atoms with Gasteiger partial charge in [-0.3, -0.25) is 9.78 Å². The first-order valence-electron chi connectivity index (χ1n) is 9.51. The predicted octanol–water partition coefficient (Wildman–Crippen LogP) is 3.45. The molecule has 1 aliphatic heterocycles. The van der Waals surface area contributed by atoms with Gasteiger partial charge in [-0.25, -0.2) is 0 Å². The van der Waals surface area contributed by atoms with Crippen LogP contribution in [-0.4, -0.2) is 30.2 Å². The maximum Gasteiger partial charge on any atom is 0.257 e. The zero-order chi connectivity index (χ0) is 18.8. The first-order valence-corrected chi connectivity index (χ1v) is 9.51. The zero-order valence-corrected chi connectivity index (χ0v) is 15.8. The fourth-order valence-electron chi connectivity index (χ4n) is 4.10. The lowest BCUT2D eigenvalue weighted by atomic mass is 9.87. The van der Waals surface area contributed by atoms with Gasteiger partial charge in [-0.15, -0.1) is 0 Å². The number of nitrogens with one attached hydrogen (secondary N) is 2. The highest BCUT2D eigenvalue weighted by molar-refractivity contribution is 5.95. The van der Waals surface area contributed by atoms with Crippen molar-refractivity contribution in [1.82, 2.24) is 15.3 Å². The number of benzene rings is 1. The fraction of sp³-hybridized carbons (Fsp3) is 0.364. The molecule has 0 atom stereocenters. The van der Waals surface area contributed by atoms with E-state index in [1.165, 1.54) is 24.0 Å². The molecular formula is C22H25N3O2. The highest BCUT2D eigenvalue weighted by Gasteiger charge is 2.19. The third kappa shape index (κ3) is 3.47. The van der Waals surface area contributed by atoms with Crippen molar-refractivity contribution < 1.29 is 4.74 Å². The lowest BCUT2D eigenvalue weighted by molar-refractivity contribution is 0.360. The van der Waals surface area contributed by atoms with E-state index in [1.54, 1.807) is 25.7 Å². The van der Waals surface area contributed by atoms with E-state index in [2.05, 4.69) is 34.3 Å². The summed E-state index contributed by atoms with van der Waals surface area (Å²) in [7, 11) is 1.74. The van der Waals surface area contributed by atoms with Gasteiger partial charge < -0.3 is 15.0 Å². The predicted molar refractivity (Wildman–Crippen MR) is 108 cm³/mol. The van der Waals surface area contributed by atoms with Crippen LogP contribution in [0.1, 0.15) is 24.0 Å². The molecule has 4 rings (SSSR count). The number of pyridine rings is 2. The number of piperidine rings is 1. The second-order valence-electron chi connectivity index (χ2n) is 7.32. The summed E-state index contributed by atoms with van der Waals surface area (Å²) in [6.45, 7) is 4.35. The van der Waals surface area contributed by atoms with Gasteiger partial charge >= 0.3 is 0 Å². The standard InChI is InChI=1S/C22H25N3O2/c1-14-9-16(19-13-25-22(26)20-12-24-8-5-17(19)20)11-21(27-2)18(14)10-15-3-6-23-7-4-15/h5,8-9,11-13,15,23H,3-4,6-7,10H2,1-2H3,(H,25,26). The molecule has 1 aromatic carbocycles. The van der Waals surface area contributed by atoms with Crippen LogP contribution >= 0.6 is 0 Å². The molecule has 0 bridgehead atoms. The smallest absolute Gasteiger partial charge is 0.257 e. The monoisotopic (exact) mass is 363 g/mol. The number of aromatic amines is 1. The van der Waals surface area contributed by atoms with E-state index >= 15 is 0 Å². The minimum Gasteiger partial charge on any atom is -0.496 e. The Bertz CT molecular complexity index is 1020. The van der Waals surface area contributed by atoms with E-state index in [0.717, 1.165) is 41.8 Å². The van der Waals surface area contributed by atoms with E-state index in [1.807, 2.05) is 6.07 Å². The molecular weight excluding hydrogens is 338 g/mol. The molecule has 0 amide bonds. The molecule has 0 spiro atoms. The molecule has 3 heterocycles. The van der Waals surface area contributed by atoms with Crippen LogP contribution < -0.4 is 15.6 Å². The van der Waals surface area contributed by atoms with Crippen molar-refractivity contribution in [3.8, 4) is 16.9 Å². The quantitative estimate of drug-likeness (QED) is 0.745. The Kier molecular flexibility index (Phi) is 4.94.